The first kappa shape index (κ1) is 19.5. The van der Waals surface area contributed by atoms with Gasteiger partial charge < -0.3 is 14.8 Å². The molecule has 0 aliphatic rings. The number of anilines is 1. The third-order valence-electron chi connectivity index (χ3n) is 3.33. The monoisotopic (exact) mass is 365 g/mol. The van der Waals surface area contributed by atoms with Crippen molar-refractivity contribution in [2.24, 2.45) is 5.10 Å². The van der Waals surface area contributed by atoms with Crippen LogP contribution < -0.4 is 20.2 Å². The molecule has 0 fully saturated rings. The van der Waals surface area contributed by atoms with E-state index in [1.165, 1.54) is 13.3 Å². The topological polar surface area (TPSA) is 89.0 Å². The van der Waals surface area contributed by atoms with Gasteiger partial charge in [0.15, 0.2) is 0 Å². The molecular weight excluding hydrogens is 346 g/mol. The smallest absolute Gasteiger partial charge is 0.249 e. The number of ether oxygens (including phenoxy) is 2. The molecule has 0 atom stereocenters. The molecule has 7 nitrogen and oxygen atoms in total. The van der Waals surface area contributed by atoms with Gasteiger partial charge in [0.2, 0.25) is 11.8 Å². The number of benzene rings is 2. The number of methoxy groups -OCH3 is 1. The Balaban J connectivity index is 1.88. The van der Waals surface area contributed by atoms with Crippen LogP contribution in [0.15, 0.2) is 53.6 Å². The van der Waals surface area contributed by atoms with Gasteiger partial charge in [0.05, 0.1) is 19.0 Å². The molecule has 7 heteroatoms. The van der Waals surface area contributed by atoms with Crippen LogP contribution in [0, 0.1) is 12.3 Å². The standard InChI is InChI=1S/C20H19N3O4/c1-3-12-27-17-10-6-4-8-15(17)14-21-23-20(25)13-19(24)22-16-9-5-7-11-18(16)26-2/h1,4-11,14H,12-13H2,2H3,(H,22,24)(H,23,25). The second-order valence-electron chi connectivity index (χ2n) is 5.25. The molecule has 27 heavy (non-hydrogen) atoms. The number of hydrogen-bond acceptors (Lipinski definition) is 5. The van der Waals surface area contributed by atoms with E-state index in [4.69, 9.17) is 15.9 Å². The summed E-state index contributed by atoms with van der Waals surface area (Å²) in [6.45, 7) is 0.125. The Bertz CT molecular complexity index is 872. The van der Waals surface area contributed by atoms with Gasteiger partial charge in [-0.1, -0.05) is 30.2 Å². The van der Waals surface area contributed by atoms with E-state index >= 15 is 0 Å². The molecule has 0 aromatic heterocycles. The van der Waals surface area contributed by atoms with E-state index in [1.54, 1.807) is 48.5 Å². The third kappa shape index (κ3) is 6.21. The fourth-order valence-corrected chi connectivity index (χ4v) is 2.14. The van der Waals surface area contributed by atoms with Crippen molar-refractivity contribution in [1.29, 1.82) is 0 Å². The Hall–Kier alpha value is -3.79. The Morgan fingerprint density at radius 1 is 1.11 bits per heavy atom. The van der Waals surface area contributed by atoms with Crippen LogP contribution in [0.3, 0.4) is 0 Å². The third-order valence-corrected chi connectivity index (χ3v) is 3.33. The Kier molecular flexibility index (Phi) is 7.42. The molecule has 0 heterocycles. The van der Waals surface area contributed by atoms with Crippen LogP contribution in [0.25, 0.3) is 0 Å². The molecule has 138 valence electrons. The summed E-state index contributed by atoms with van der Waals surface area (Å²) in [4.78, 5) is 23.8. The molecule has 0 saturated heterocycles. The van der Waals surface area contributed by atoms with Crippen molar-refractivity contribution < 1.29 is 19.1 Å². The number of hydrazone groups is 1. The fourth-order valence-electron chi connectivity index (χ4n) is 2.14. The molecule has 0 aliphatic heterocycles. The highest BCUT2D eigenvalue weighted by atomic mass is 16.5. The Labute approximate surface area is 157 Å². The van der Waals surface area contributed by atoms with Gasteiger partial charge >= 0.3 is 0 Å². The lowest BCUT2D eigenvalue weighted by Crippen LogP contribution is -2.24. The highest BCUT2D eigenvalue weighted by Crippen LogP contribution is 2.23. The van der Waals surface area contributed by atoms with E-state index in [2.05, 4.69) is 21.8 Å². The van der Waals surface area contributed by atoms with Gasteiger partial charge in [0.1, 0.15) is 24.5 Å². The minimum Gasteiger partial charge on any atom is -0.495 e. The van der Waals surface area contributed by atoms with Gasteiger partial charge in [0, 0.05) is 5.56 Å². The molecule has 2 rings (SSSR count). The maximum atomic E-state index is 12.0. The van der Waals surface area contributed by atoms with E-state index in [0.29, 0.717) is 22.7 Å². The van der Waals surface area contributed by atoms with Crippen LogP contribution >= 0.6 is 0 Å². The van der Waals surface area contributed by atoms with Crippen LogP contribution in [0.4, 0.5) is 5.69 Å². The summed E-state index contributed by atoms with van der Waals surface area (Å²) in [5, 5.41) is 6.46. The van der Waals surface area contributed by atoms with Gasteiger partial charge in [-0.05, 0) is 24.3 Å². The second kappa shape index (κ2) is 10.3. The summed E-state index contributed by atoms with van der Waals surface area (Å²) in [6, 6.07) is 14.0. The highest BCUT2D eigenvalue weighted by Gasteiger charge is 2.11. The van der Waals surface area contributed by atoms with Gasteiger partial charge in [-0.25, -0.2) is 5.43 Å². The summed E-state index contributed by atoms with van der Waals surface area (Å²) >= 11 is 0. The number of terminal acetylenes is 1. The molecule has 0 unspecified atom stereocenters. The lowest BCUT2D eigenvalue weighted by molar-refractivity contribution is -0.126. The van der Waals surface area contributed by atoms with Gasteiger partial charge in [-0.3, -0.25) is 9.59 Å². The predicted molar refractivity (Wildman–Crippen MR) is 103 cm³/mol. The number of hydrogen-bond donors (Lipinski definition) is 2. The van der Waals surface area contributed by atoms with Crippen molar-refractivity contribution in [3.63, 3.8) is 0 Å². The van der Waals surface area contributed by atoms with Crippen molar-refractivity contribution in [2.75, 3.05) is 19.0 Å². The average Bonchev–Trinajstić information content (AvgIpc) is 2.67. The summed E-state index contributed by atoms with van der Waals surface area (Å²) in [5.74, 6) is 2.39. The van der Waals surface area contributed by atoms with Gasteiger partial charge in [-0.2, -0.15) is 5.10 Å². The molecule has 0 bridgehead atoms. The second-order valence-corrected chi connectivity index (χ2v) is 5.25. The maximum absolute atomic E-state index is 12.0. The number of carbonyl (C=O) groups is 2. The van der Waals surface area contributed by atoms with Crippen molar-refractivity contribution >= 4 is 23.7 Å². The summed E-state index contributed by atoms with van der Waals surface area (Å²) < 4.78 is 10.5. The molecular formula is C20H19N3O4. The van der Waals surface area contributed by atoms with E-state index < -0.39 is 11.8 Å². The molecule has 0 spiro atoms. The van der Waals surface area contributed by atoms with Crippen molar-refractivity contribution in [3.8, 4) is 23.8 Å². The summed E-state index contributed by atoms with van der Waals surface area (Å²) in [5.41, 5.74) is 3.43. The zero-order valence-electron chi connectivity index (χ0n) is 14.8. The molecule has 2 N–H and O–H groups in total. The molecule has 0 aliphatic carbocycles. The van der Waals surface area contributed by atoms with Gasteiger partial charge in [-0.15, -0.1) is 6.42 Å². The SMILES string of the molecule is C#CCOc1ccccc1C=NNC(=O)CC(=O)Nc1ccccc1OC. The number of rotatable bonds is 8. The molecule has 0 radical (unpaired) electrons. The van der Waals surface area contributed by atoms with E-state index in [9.17, 15) is 9.59 Å². The van der Waals surface area contributed by atoms with E-state index in [1.807, 2.05) is 0 Å². The zero-order valence-corrected chi connectivity index (χ0v) is 14.8. The molecule has 2 aromatic carbocycles. The van der Waals surface area contributed by atoms with Crippen LogP contribution in [-0.2, 0) is 9.59 Å². The number of para-hydroxylation sites is 3. The van der Waals surface area contributed by atoms with Crippen molar-refractivity contribution in [2.45, 2.75) is 6.42 Å². The first-order chi connectivity index (χ1) is 13.1. The van der Waals surface area contributed by atoms with Gasteiger partial charge in [0.25, 0.3) is 0 Å². The van der Waals surface area contributed by atoms with Crippen LogP contribution in [0.2, 0.25) is 0 Å². The van der Waals surface area contributed by atoms with E-state index in [0.717, 1.165) is 0 Å². The van der Waals surface area contributed by atoms with E-state index in [-0.39, 0.29) is 13.0 Å². The number of nitrogens with zero attached hydrogens (tertiary/aromatic N) is 1. The number of nitrogens with one attached hydrogen (secondary N) is 2. The lowest BCUT2D eigenvalue weighted by Gasteiger charge is -2.09. The molecule has 0 saturated carbocycles. The summed E-state index contributed by atoms with van der Waals surface area (Å²) in [7, 11) is 1.50. The van der Waals surface area contributed by atoms with Crippen LogP contribution in [0.5, 0.6) is 11.5 Å². The number of carbonyl (C=O) groups excluding carboxylic acids is 2. The number of amides is 2. The predicted octanol–water partition coefficient (Wildman–Crippen LogP) is 2.19. The highest BCUT2D eigenvalue weighted by molar-refractivity contribution is 6.04. The lowest BCUT2D eigenvalue weighted by atomic mass is 10.2. The maximum Gasteiger partial charge on any atom is 0.249 e. The Morgan fingerprint density at radius 3 is 2.56 bits per heavy atom. The Morgan fingerprint density at radius 2 is 1.81 bits per heavy atom. The first-order valence-corrected chi connectivity index (χ1v) is 8.04. The largest absolute Gasteiger partial charge is 0.495 e. The average molecular weight is 365 g/mol. The minimum atomic E-state index is -0.555. The normalized spacial score (nSPS) is 10.1. The minimum absolute atomic E-state index is 0.125. The molecule has 2 aromatic rings. The first-order valence-electron chi connectivity index (χ1n) is 8.04. The quantitative estimate of drug-likeness (QED) is 0.325. The zero-order chi connectivity index (χ0) is 19.5. The van der Waals surface area contributed by atoms with Crippen molar-refractivity contribution in [1.82, 2.24) is 5.43 Å². The van der Waals surface area contributed by atoms with Crippen molar-refractivity contribution in [3.05, 3.63) is 54.1 Å². The van der Waals surface area contributed by atoms with Crippen LogP contribution in [0.1, 0.15) is 12.0 Å². The fraction of sp³-hybridized carbons (Fsp3) is 0.150. The molecule has 2 amide bonds. The summed E-state index contributed by atoms with van der Waals surface area (Å²) in [6.07, 6.45) is 6.21. The van der Waals surface area contributed by atoms with Crippen LogP contribution in [-0.4, -0.2) is 31.7 Å².